The number of anilines is 1. The quantitative estimate of drug-likeness (QED) is 0.469. The van der Waals surface area contributed by atoms with Crippen LogP contribution in [0.3, 0.4) is 0 Å². The molecular weight excluding hydrogens is 330 g/mol. The molecule has 0 atom stereocenters. The Morgan fingerprint density at radius 2 is 2.12 bits per heavy atom. The van der Waals surface area contributed by atoms with Crippen molar-refractivity contribution in [3.8, 4) is 0 Å². The average Bonchev–Trinajstić information content (AvgIpc) is 3.07. The first kappa shape index (κ1) is 17.1. The van der Waals surface area contributed by atoms with Crippen molar-refractivity contribution in [2.24, 2.45) is 0 Å². The van der Waals surface area contributed by atoms with Crippen molar-refractivity contribution in [1.29, 1.82) is 5.41 Å². The summed E-state index contributed by atoms with van der Waals surface area (Å²) in [5.41, 5.74) is 3.46. The molecule has 26 heavy (non-hydrogen) atoms. The first-order valence-corrected chi connectivity index (χ1v) is 7.88. The predicted molar refractivity (Wildman–Crippen MR) is 102 cm³/mol. The zero-order valence-corrected chi connectivity index (χ0v) is 14.1. The number of fused-ring (bicyclic) bond motifs is 1. The lowest BCUT2D eigenvalue weighted by molar-refractivity contribution is -0.112. The lowest BCUT2D eigenvalue weighted by Gasteiger charge is -2.06. The Morgan fingerprint density at radius 1 is 1.27 bits per heavy atom. The molecule has 0 fully saturated rings. The third kappa shape index (κ3) is 3.84. The summed E-state index contributed by atoms with van der Waals surface area (Å²) in [5, 5.41) is 13.0. The first-order valence-electron chi connectivity index (χ1n) is 7.88. The fourth-order valence-electron chi connectivity index (χ4n) is 2.39. The summed E-state index contributed by atoms with van der Waals surface area (Å²) >= 11 is 0. The maximum absolute atomic E-state index is 12.1. The van der Waals surface area contributed by atoms with Crippen LogP contribution in [-0.4, -0.2) is 29.1 Å². The number of allylic oxidation sites excluding steroid dienone is 1. The summed E-state index contributed by atoms with van der Waals surface area (Å²) in [6.45, 7) is 0. The van der Waals surface area contributed by atoms with Gasteiger partial charge in [0.1, 0.15) is 5.52 Å². The second-order valence-corrected chi connectivity index (χ2v) is 5.30. The molecule has 2 aromatic heterocycles. The predicted octanol–water partition coefficient (Wildman–Crippen LogP) is 3.08. The number of pyridine rings is 1. The molecule has 3 aromatic rings. The number of para-hydroxylation sites is 2. The Labute approximate surface area is 150 Å². The van der Waals surface area contributed by atoms with Gasteiger partial charge in [0.25, 0.3) is 5.91 Å². The van der Waals surface area contributed by atoms with E-state index in [0.29, 0.717) is 22.2 Å². The van der Waals surface area contributed by atoms with Crippen LogP contribution < -0.4 is 10.6 Å². The van der Waals surface area contributed by atoms with Gasteiger partial charge in [-0.25, -0.2) is 0 Å². The molecule has 2 heterocycles. The number of amides is 1. The van der Waals surface area contributed by atoms with Crippen LogP contribution in [0.25, 0.3) is 22.7 Å². The fourth-order valence-corrected chi connectivity index (χ4v) is 2.39. The van der Waals surface area contributed by atoms with Crippen molar-refractivity contribution in [2.45, 2.75) is 0 Å². The number of carbonyl (C=O) groups is 1. The minimum Gasteiger partial charge on any atom is -0.423 e. The lowest BCUT2D eigenvalue weighted by atomic mass is 10.0. The third-order valence-corrected chi connectivity index (χ3v) is 3.56. The smallest absolute Gasteiger partial charge is 0.302 e. The van der Waals surface area contributed by atoms with E-state index < -0.39 is 0 Å². The molecule has 0 saturated heterocycles. The Balaban J connectivity index is 1.78. The molecule has 0 unspecified atom stereocenters. The summed E-state index contributed by atoms with van der Waals surface area (Å²) in [6, 6.07) is 9.19. The highest BCUT2D eigenvalue weighted by molar-refractivity contribution is 6.10. The van der Waals surface area contributed by atoms with Crippen LogP contribution in [0.5, 0.6) is 0 Å². The van der Waals surface area contributed by atoms with Gasteiger partial charge < -0.3 is 15.1 Å². The number of benzene rings is 1. The van der Waals surface area contributed by atoms with Gasteiger partial charge in [0.2, 0.25) is 0 Å². The van der Waals surface area contributed by atoms with E-state index in [0.717, 1.165) is 5.56 Å². The number of nitrogens with zero attached hydrogens (tertiary/aromatic N) is 2. The van der Waals surface area contributed by atoms with Crippen molar-refractivity contribution in [1.82, 2.24) is 15.3 Å². The van der Waals surface area contributed by atoms with Crippen molar-refractivity contribution >= 4 is 40.9 Å². The average molecular weight is 347 g/mol. The van der Waals surface area contributed by atoms with Gasteiger partial charge >= 0.3 is 6.01 Å². The molecule has 0 aliphatic carbocycles. The van der Waals surface area contributed by atoms with Gasteiger partial charge in [0.15, 0.2) is 5.58 Å². The maximum Gasteiger partial charge on any atom is 0.302 e. The SMILES string of the molecule is CN/C=C(\C=N)c1ccncc1/C=C/C(=O)Nc1nc2ccccc2o1. The molecule has 1 aromatic carbocycles. The number of rotatable bonds is 6. The molecule has 3 N–H and O–H groups in total. The van der Waals surface area contributed by atoms with E-state index in [1.807, 2.05) is 12.1 Å². The fraction of sp³-hybridized carbons (Fsp3) is 0.0526. The third-order valence-electron chi connectivity index (χ3n) is 3.56. The topological polar surface area (TPSA) is 104 Å². The molecule has 7 heteroatoms. The molecule has 0 saturated carbocycles. The standard InChI is InChI=1S/C19H17N5O2/c1-21-11-14(10-20)15-8-9-22-12-13(15)6-7-18(25)24-19-23-16-4-2-3-5-17(16)26-19/h2-12,20-21H,1H3,(H,23,24,25)/b7-6+,14-11+,20-10?. The van der Waals surface area contributed by atoms with Crippen molar-refractivity contribution in [3.05, 3.63) is 66.1 Å². The minimum absolute atomic E-state index is 0.141. The van der Waals surface area contributed by atoms with E-state index in [1.54, 1.807) is 49.9 Å². The number of oxazole rings is 1. The lowest BCUT2D eigenvalue weighted by Crippen LogP contribution is -2.08. The highest BCUT2D eigenvalue weighted by atomic mass is 16.4. The number of hydrogen-bond donors (Lipinski definition) is 3. The minimum atomic E-state index is -0.375. The molecule has 3 rings (SSSR count). The van der Waals surface area contributed by atoms with Gasteiger partial charge in [-0.1, -0.05) is 12.1 Å². The zero-order valence-electron chi connectivity index (χ0n) is 14.1. The normalized spacial score (nSPS) is 11.7. The van der Waals surface area contributed by atoms with E-state index in [-0.39, 0.29) is 11.9 Å². The highest BCUT2D eigenvalue weighted by Gasteiger charge is 2.08. The second kappa shape index (κ2) is 7.89. The van der Waals surface area contributed by atoms with Gasteiger partial charge in [-0.15, -0.1) is 0 Å². The molecule has 7 nitrogen and oxygen atoms in total. The summed E-state index contributed by atoms with van der Waals surface area (Å²) in [6.07, 6.45) is 9.22. The number of nitrogens with one attached hydrogen (secondary N) is 3. The van der Waals surface area contributed by atoms with Crippen molar-refractivity contribution < 1.29 is 9.21 Å². The summed E-state index contributed by atoms with van der Waals surface area (Å²) in [4.78, 5) is 20.4. The van der Waals surface area contributed by atoms with Gasteiger partial charge in [-0.05, 0) is 29.8 Å². The molecule has 0 aliphatic heterocycles. The van der Waals surface area contributed by atoms with Crippen LogP contribution in [0.15, 0.2) is 59.4 Å². The molecule has 0 spiro atoms. The largest absolute Gasteiger partial charge is 0.423 e. The Bertz CT molecular complexity index is 971. The Morgan fingerprint density at radius 3 is 2.88 bits per heavy atom. The molecule has 1 amide bonds. The van der Waals surface area contributed by atoms with E-state index in [4.69, 9.17) is 9.83 Å². The summed E-state index contributed by atoms with van der Waals surface area (Å²) < 4.78 is 5.47. The van der Waals surface area contributed by atoms with E-state index >= 15 is 0 Å². The van der Waals surface area contributed by atoms with Crippen LogP contribution in [0.1, 0.15) is 11.1 Å². The van der Waals surface area contributed by atoms with Crippen LogP contribution in [0.2, 0.25) is 0 Å². The number of carbonyl (C=O) groups excluding carboxylic acids is 1. The molecule has 0 radical (unpaired) electrons. The summed E-state index contributed by atoms with van der Waals surface area (Å²) in [7, 11) is 1.76. The van der Waals surface area contributed by atoms with Crippen LogP contribution >= 0.6 is 0 Å². The highest BCUT2D eigenvalue weighted by Crippen LogP contribution is 2.19. The molecule has 0 bridgehead atoms. The van der Waals surface area contributed by atoms with Gasteiger partial charge in [0, 0.05) is 49.1 Å². The van der Waals surface area contributed by atoms with E-state index in [2.05, 4.69) is 20.6 Å². The van der Waals surface area contributed by atoms with E-state index in [1.165, 1.54) is 12.3 Å². The van der Waals surface area contributed by atoms with Crippen LogP contribution in [0.4, 0.5) is 6.01 Å². The molecular formula is C19H17N5O2. The molecule has 0 aliphatic rings. The monoisotopic (exact) mass is 347 g/mol. The van der Waals surface area contributed by atoms with Crippen LogP contribution in [0, 0.1) is 5.41 Å². The Kier molecular flexibility index (Phi) is 5.19. The summed E-state index contributed by atoms with van der Waals surface area (Å²) in [5.74, 6) is -0.375. The second-order valence-electron chi connectivity index (χ2n) is 5.30. The van der Waals surface area contributed by atoms with E-state index in [9.17, 15) is 4.79 Å². The van der Waals surface area contributed by atoms with Crippen molar-refractivity contribution in [2.75, 3.05) is 12.4 Å². The zero-order chi connectivity index (χ0) is 18.4. The van der Waals surface area contributed by atoms with Gasteiger partial charge in [-0.2, -0.15) is 4.98 Å². The number of aromatic nitrogens is 2. The maximum atomic E-state index is 12.1. The number of hydrogen-bond acceptors (Lipinski definition) is 6. The first-order chi connectivity index (χ1) is 12.7. The van der Waals surface area contributed by atoms with Crippen LogP contribution in [-0.2, 0) is 4.79 Å². The molecule has 130 valence electrons. The van der Waals surface area contributed by atoms with Gasteiger partial charge in [0.05, 0.1) is 0 Å². The Hall–Kier alpha value is -3.74. The van der Waals surface area contributed by atoms with Gasteiger partial charge in [-0.3, -0.25) is 15.1 Å². The van der Waals surface area contributed by atoms with Crippen molar-refractivity contribution in [3.63, 3.8) is 0 Å².